The molecule has 2 atom stereocenters. The molecule has 1 saturated heterocycles. The van der Waals surface area contributed by atoms with Gasteiger partial charge in [0.15, 0.2) is 0 Å². The Morgan fingerprint density at radius 1 is 1.21 bits per heavy atom. The van der Waals surface area contributed by atoms with Crippen molar-refractivity contribution in [2.75, 3.05) is 6.54 Å². The maximum Gasteiger partial charge on any atom is 0.254 e. The average Bonchev–Trinajstić information content (AvgIpc) is 3.09. The number of carbonyl (C=O) groups is 1. The first-order chi connectivity index (χ1) is 11.8. The molecule has 1 fully saturated rings. The Labute approximate surface area is 140 Å². The normalized spacial score (nSPS) is 22.4. The molecule has 4 heteroatoms. The number of hydrogen-bond acceptors (Lipinski definition) is 2. The number of likely N-dealkylation sites (tertiary alicyclic amines) is 1. The summed E-state index contributed by atoms with van der Waals surface area (Å²) in [5.41, 5.74) is 5.49. The quantitative estimate of drug-likeness (QED) is 0.746. The predicted octanol–water partition coefficient (Wildman–Crippen LogP) is 3.51. The van der Waals surface area contributed by atoms with E-state index in [1.165, 1.54) is 11.1 Å². The minimum absolute atomic E-state index is 0.148. The maximum absolute atomic E-state index is 13.1. The van der Waals surface area contributed by atoms with Crippen LogP contribution in [-0.2, 0) is 6.42 Å². The zero-order chi connectivity index (χ0) is 16.1. The van der Waals surface area contributed by atoms with Crippen LogP contribution in [0, 0.1) is 0 Å². The number of hydrogen-bond donors (Lipinski definition) is 1. The summed E-state index contributed by atoms with van der Waals surface area (Å²) in [6.07, 6.45) is 4.80. The molecule has 1 aromatic heterocycles. The molecule has 2 heterocycles. The third kappa shape index (κ3) is 2.06. The number of rotatable bonds is 1. The van der Waals surface area contributed by atoms with Crippen LogP contribution >= 0.6 is 0 Å². The third-order valence-corrected chi connectivity index (χ3v) is 5.59. The molecule has 1 aliphatic heterocycles. The van der Waals surface area contributed by atoms with Crippen molar-refractivity contribution in [1.82, 2.24) is 14.9 Å². The van der Waals surface area contributed by atoms with Gasteiger partial charge in [0.25, 0.3) is 5.91 Å². The average molecular weight is 317 g/mol. The fourth-order valence-electron chi connectivity index (χ4n) is 4.40. The number of aromatic nitrogens is 2. The van der Waals surface area contributed by atoms with Gasteiger partial charge in [-0.2, -0.15) is 0 Å². The van der Waals surface area contributed by atoms with Crippen molar-refractivity contribution in [2.45, 2.75) is 31.2 Å². The van der Waals surface area contributed by atoms with E-state index in [1.807, 2.05) is 18.2 Å². The molecule has 0 radical (unpaired) electrons. The van der Waals surface area contributed by atoms with Crippen LogP contribution in [0.15, 0.2) is 48.8 Å². The highest BCUT2D eigenvalue weighted by molar-refractivity contribution is 5.97. The molecular weight excluding hydrogens is 298 g/mol. The van der Waals surface area contributed by atoms with E-state index in [2.05, 4.69) is 39.1 Å². The van der Waals surface area contributed by atoms with Gasteiger partial charge in [-0.15, -0.1) is 0 Å². The van der Waals surface area contributed by atoms with Crippen LogP contribution in [0.1, 0.15) is 40.2 Å². The van der Waals surface area contributed by atoms with Crippen molar-refractivity contribution in [3.8, 4) is 0 Å². The first-order valence-corrected chi connectivity index (χ1v) is 8.61. The first kappa shape index (κ1) is 13.8. The molecule has 1 aliphatic carbocycles. The number of benzene rings is 2. The molecule has 120 valence electrons. The van der Waals surface area contributed by atoms with Gasteiger partial charge in [-0.3, -0.25) is 4.79 Å². The molecule has 1 amide bonds. The van der Waals surface area contributed by atoms with Crippen LogP contribution in [0.3, 0.4) is 0 Å². The van der Waals surface area contributed by atoms with Crippen molar-refractivity contribution in [3.63, 3.8) is 0 Å². The minimum Gasteiger partial charge on any atom is -0.345 e. The number of piperidine rings is 1. The summed E-state index contributed by atoms with van der Waals surface area (Å²) in [6.45, 7) is 0.851. The zero-order valence-electron chi connectivity index (χ0n) is 13.4. The van der Waals surface area contributed by atoms with Gasteiger partial charge in [0.1, 0.15) is 0 Å². The molecule has 1 N–H and O–H groups in total. The van der Waals surface area contributed by atoms with Gasteiger partial charge >= 0.3 is 0 Å². The summed E-state index contributed by atoms with van der Waals surface area (Å²) in [6, 6.07) is 14.8. The Balaban J connectivity index is 1.46. The van der Waals surface area contributed by atoms with Crippen molar-refractivity contribution in [1.29, 1.82) is 0 Å². The Morgan fingerprint density at radius 3 is 3.08 bits per heavy atom. The summed E-state index contributed by atoms with van der Waals surface area (Å²) in [7, 11) is 0. The number of fused-ring (bicyclic) bond motifs is 5. The van der Waals surface area contributed by atoms with Crippen molar-refractivity contribution < 1.29 is 4.79 Å². The number of nitrogens with zero attached hydrogens (tertiary/aromatic N) is 2. The number of H-pyrrole nitrogens is 1. The van der Waals surface area contributed by atoms with E-state index in [0.717, 1.165) is 42.4 Å². The van der Waals surface area contributed by atoms with Gasteiger partial charge in [-0.05, 0) is 54.5 Å². The fourth-order valence-corrected chi connectivity index (χ4v) is 4.40. The molecule has 0 spiro atoms. The number of carbonyl (C=O) groups excluding carboxylic acids is 1. The molecule has 0 saturated carbocycles. The van der Waals surface area contributed by atoms with Gasteiger partial charge < -0.3 is 9.88 Å². The second-order valence-corrected chi connectivity index (χ2v) is 6.91. The summed E-state index contributed by atoms with van der Waals surface area (Å²) in [5, 5.41) is 0. The number of nitrogens with one attached hydrogen (secondary N) is 1. The Bertz CT molecular complexity index is 929. The second-order valence-electron chi connectivity index (χ2n) is 6.91. The monoisotopic (exact) mass is 317 g/mol. The Hall–Kier alpha value is -2.62. The summed E-state index contributed by atoms with van der Waals surface area (Å²) < 4.78 is 0. The van der Waals surface area contributed by atoms with Crippen LogP contribution in [-0.4, -0.2) is 33.4 Å². The van der Waals surface area contributed by atoms with E-state index in [0.29, 0.717) is 12.0 Å². The summed E-state index contributed by atoms with van der Waals surface area (Å²) >= 11 is 0. The SMILES string of the molecule is O=C(c1ccc2nc[nH]c2c1)N1CC[C@@H]2C[C@H]1Cc1ccccc12. The molecule has 2 aliphatic rings. The summed E-state index contributed by atoms with van der Waals surface area (Å²) in [4.78, 5) is 22.5. The van der Waals surface area contributed by atoms with Gasteiger partial charge in [-0.25, -0.2) is 4.98 Å². The van der Waals surface area contributed by atoms with Crippen LogP contribution in [0.2, 0.25) is 0 Å². The Kier molecular flexibility index (Phi) is 2.98. The number of aromatic amines is 1. The van der Waals surface area contributed by atoms with E-state index >= 15 is 0 Å². The second kappa shape index (κ2) is 5.20. The molecule has 5 rings (SSSR count). The van der Waals surface area contributed by atoms with Crippen LogP contribution in [0.4, 0.5) is 0 Å². The lowest BCUT2D eigenvalue weighted by atomic mass is 9.75. The lowest BCUT2D eigenvalue weighted by Crippen LogP contribution is -2.48. The maximum atomic E-state index is 13.1. The molecule has 24 heavy (non-hydrogen) atoms. The van der Waals surface area contributed by atoms with E-state index in [4.69, 9.17) is 0 Å². The van der Waals surface area contributed by atoms with Gasteiger partial charge in [-0.1, -0.05) is 24.3 Å². The largest absolute Gasteiger partial charge is 0.345 e. The van der Waals surface area contributed by atoms with Crippen LogP contribution in [0.25, 0.3) is 11.0 Å². The highest BCUT2D eigenvalue weighted by Crippen LogP contribution is 2.40. The lowest BCUT2D eigenvalue weighted by Gasteiger charge is -2.44. The van der Waals surface area contributed by atoms with Gasteiger partial charge in [0.05, 0.1) is 17.4 Å². The smallest absolute Gasteiger partial charge is 0.254 e. The zero-order valence-corrected chi connectivity index (χ0v) is 13.4. The molecule has 2 aromatic carbocycles. The molecule has 4 nitrogen and oxygen atoms in total. The molecule has 0 unspecified atom stereocenters. The molecule has 3 aromatic rings. The van der Waals surface area contributed by atoms with Gasteiger partial charge in [0, 0.05) is 18.2 Å². The third-order valence-electron chi connectivity index (χ3n) is 5.59. The predicted molar refractivity (Wildman–Crippen MR) is 93.0 cm³/mol. The number of amides is 1. The number of imidazole rings is 1. The topological polar surface area (TPSA) is 49.0 Å². The first-order valence-electron chi connectivity index (χ1n) is 8.61. The van der Waals surface area contributed by atoms with Crippen molar-refractivity contribution in [3.05, 3.63) is 65.5 Å². The lowest BCUT2D eigenvalue weighted by molar-refractivity contribution is 0.0574. The van der Waals surface area contributed by atoms with Crippen molar-refractivity contribution >= 4 is 16.9 Å². The minimum atomic E-state index is 0.148. The summed E-state index contributed by atoms with van der Waals surface area (Å²) in [5.74, 6) is 0.758. The van der Waals surface area contributed by atoms with E-state index in [1.54, 1.807) is 6.33 Å². The van der Waals surface area contributed by atoms with Gasteiger partial charge in [0.2, 0.25) is 0 Å². The standard InChI is InChI=1S/C20H19N3O/c24-20(15-5-6-18-19(11-15)22-12-21-18)23-8-7-14-10-16(23)9-13-3-1-2-4-17(13)14/h1-6,11-12,14,16H,7-10H2,(H,21,22)/t14-,16-/m1/s1. The highest BCUT2D eigenvalue weighted by atomic mass is 16.2. The van der Waals surface area contributed by atoms with E-state index in [-0.39, 0.29) is 5.91 Å². The Morgan fingerprint density at radius 2 is 2.12 bits per heavy atom. The van der Waals surface area contributed by atoms with E-state index < -0.39 is 0 Å². The fraction of sp³-hybridized carbons (Fsp3) is 0.300. The van der Waals surface area contributed by atoms with Crippen LogP contribution < -0.4 is 0 Å². The highest BCUT2D eigenvalue weighted by Gasteiger charge is 2.37. The molecule has 2 bridgehead atoms. The van der Waals surface area contributed by atoms with Crippen LogP contribution in [0.5, 0.6) is 0 Å². The molecular formula is C20H19N3O. The van der Waals surface area contributed by atoms with E-state index in [9.17, 15) is 4.79 Å². The van der Waals surface area contributed by atoms with Crippen molar-refractivity contribution in [2.24, 2.45) is 0 Å².